The quantitative estimate of drug-likeness (QED) is 0.761. The fourth-order valence-corrected chi connectivity index (χ4v) is 3.65. The molecule has 7 heteroatoms. The fourth-order valence-electron chi connectivity index (χ4n) is 3.65. The summed E-state index contributed by atoms with van der Waals surface area (Å²) in [6, 6.07) is 15.7. The third-order valence-electron chi connectivity index (χ3n) is 4.97. The van der Waals surface area contributed by atoms with Crippen molar-refractivity contribution in [2.45, 2.75) is 25.1 Å². The zero-order chi connectivity index (χ0) is 18.2. The molecule has 1 fully saturated rings. The number of likely N-dealkylation sites (tertiary alicyclic amines) is 1. The van der Waals surface area contributed by atoms with Crippen LogP contribution in [0.2, 0.25) is 0 Å². The first-order chi connectivity index (χ1) is 13.3. The lowest BCUT2D eigenvalue weighted by Crippen LogP contribution is -2.24. The molecule has 1 saturated heterocycles. The lowest BCUT2D eigenvalue weighted by atomic mass is 10.1. The Morgan fingerprint density at radius 2 is 1.93 bits per heavy atom. The number of aliphatic hydroxyl groups excluding tert-OH is 1. The third-order valence-corrected chi connectivity index (χ3v) is 4.97. The summed E-state index contributed by atoms with van der Waals surface area (Å²) in [5.41, 5.74) is 1.99. The summed E-state index contributed by atoms with van der Waals surface area (Å²) in [4.78, 5) is 6.76. The van der Waals surface area contributed by atoms with E-state index in [1.54, 1.807) is 0 Å². The molecule has 27 heavy (non-hydrogen) atoms. The number of β-amino-alcohol motifs (C(OH)–C–C–N with tert-alkyl or cyclic N) is 1. The van der Waals surface area contributed by atoms with Gasteiger partial charge in [0, 0.05) is 18.7 Å². The normalized spacial score (nSPS) is 21.7. The van der Waals surface area contributed by atoms with E-state index < -0.39 is 6.10 Å². The molecular formula is C20H19N3O4. The molecule has 0 spiro atoms. The van der Waals surface area contributed by atoms with Crippen molar-refractivity contribution in [1.82, 2.24) is 15.0 Å². The zero-order valence-corrected chi connectivity index (χ0v) is 14.6. The summed E-state index contributed by atoms with van der Waals surface area (Å²) in [5, 5.41) is 14.3. The Labute approximate surface area is 156 Å². The molecule has 1 aromatic heterocycles. The first-order valence-electron chi connectivity index (χ1n) is 8.96. The third kappa shape index (κ3) is 3.15. The molecule has 0 saturated carbocycles. The highest BCUT2D eigenvalue weighted by Gasteiger charge is 2.36. The van der Waals surface area contributed by atoms with E-state index in [-0.39, 0.29) is 12.8 Å². The molecule has 3 heterocycles. The Kier molecular flexibility index (Phi) is 4.03. The maximum absolute atomic E-state index is 10.2. The molecule has 0 aliphatic carbocycles. The van der Waals surface area contributed by atoms with Crippen molar-refractivity contribution in [3.63, 3.8) is 0 Å². The summed E-state index contributed by atoms with van der Waals surface area (Å²) in [6.45, 7) is 1.54. The highest BCUT2D eigenvalue weighted by atomic mass is 16.7. The van der Waals surface area contributed by atoms with Gasteiger partial charge in [0.25, 0.3) is 0 Å². The Hall–Kier alpha value is -2.90. The minimum absolute atomic E-state index is 0.101. The number of aliphatic hydroxyl groups is 1. The second kappa shape index (κ2) is 6.68. The number of rotatable bonds is 4. The molecule has 0 bridgehead atoms. The molecule has 2 aromatic carbocycles. The number of ether oxygens (including phenoxy) is 2. The van der Waals surface area contributed by atoms with Crippen molar-refractivity contribution >= 4 is 0 Å². The van der Waals surface area contributed by atoms with Gasteiger partial charge < -0.3 is 19.1 Å². The molecule has 2 unspecified atom stereocenters. The van der Waals surface area contributed by atoms with Crippen LogP contribution in [-0.2, 0) is 6.54 Å². The molecule has 138 valence electrons. The molecular weight excluding hydrogens is 346 g/mol. The van der Waals surface area contributed by atoms with Gasteiger partial charge in [0.2, 0.25) is 18.5 Å². The average Bonchev–Trinajstić information content (AvgIpc) is 3.41. The van der Waals surface area contributed by atoms with Crippen LogP contribution in [0, 0.1) is 0 Å². The van der Waals surface area contributed by atoms with E-state index >= 15 is 0 Å². The average molecular weight is 365 g/mol. The van der Waals surface area contributed by atoms with Crippen LogP contribution in [0.4, 0.5) is 0 Å². The molecule has 5 rings (SSSR count). The minimum Gasteiger partial charge on any atom is -0.454 e. The van der Waals surface area contributed by atoms with Gasteiger partial charge in [-0.3, -0.25) is 4.90 Å². The van der Waals surface area contributed by atoms with Crippen molar-refractivity contribution < 1.29 is 19.1 Å². The predicted molar refractivity (Wildman–Crippen MR) is 96.1 cm³/mol. The van der Waals surface area contributed by atoms with Crippen LogP contribution < -0.4 is 9.47 Å². The lowest BCUT2D eigenvalue weighted by Gasteiger charge is -2.21. The molecule has 0 amide bonds. The van der Waals surface area contributed by atoms with Gasteiger partial charge in [-0.25, -0.2) is 0 Å². The molecule has 2 atom stereocenters. The number of benzene rings is 2. The Bertz CT molecular complexity index is 943. The van der Waals surface area contributed by atoms with E-state index in [9.17, 15) is 5.11 Å². The van der Waals surface area contributed by atoms with Crippen molar-refractivity contribution in [3.8, 4) is 22.9 Å². The van der Waals surface area contributed by atoms with Crippen LogP contribution in [0.3, 0.4) is 0 Å². The van der Waals surface area contributed by atoms with Gasteiger partial charge in [-0.1, -0.05) is 35.5 Å². The standard InChI is InChI=1S/C20H19N3O4/c24-15-9-16(23(11-15)10-13-4-2-1-3-5-13)20-21-19(22-27-20)14-6-7-17-18(8-14)26-12-25-17/h1-8,15-16,24H,9-12H2. The molecule has 1 N–H and O–H groups in total. The van der Waals surface area contributed by atoms with Gasteiger partial charge in [0.1, 0.15) is 0 Å². The maximum Gasteiger partial charge on any atom is 0.244 e. The maximum atomic E-state index is 10.2. The summed E-state index contributed by atoms with van der Waals surface area (Å²) in [5.74, 6) is 2.43. The Morgan fingerprint density at radius 1 is 1.07 bits per heavy atom. The first-order valence-corrected chi connectivity index (χ1v) is 8.96. The van der Waals surface area contributed by atoms with Gasteiger partial charge in [-0.2, -0.15) is 4.98 Å². The van der Waals surface area contributed by atoms with Crippen LogP contribution in [0.15, 0.2) is 53.1 Å². The molecule has 7 nitrogen and oxygen atoms in total. The van der Waals surface area contributed by atoms with E-state index in [0.29, 0.717) is 30.4 Å². The fraction of sp³-hybridized carbons (Fsp3) is 0.300. The number of aromatic nitrogens is 2. The van der Waals surface area contributed by atoms with Gasteiger partial charge in [-0.15, -0.1) is 0 Å². The van der Waals surface area contributed by atoms with E-state index in [0.717, 1.165) is 17.9 Å². The molecule has 2 aliphatic heterocycles. The van der Waals surface area contributed by atoms with Gasteiger partial charge in [-0.05, 0) is 30.2 Å². The van der Waals surface area contributed by atoms with Crippen LogP contribution >= 0.6 is 0 Å². The number of fused-ring (bicyclic) bond motifs is 1. The van der Waals surface area contributed by atoms with Gasteiger partial charge in [0.15, 0.2) is 11.5 Å². The topological polar surface area (TPSA) is 80.9 Å². The second-order valence-electron chi connectivity index (χ2n) is 6.84. The van der Waals surface area contributed by atoms with Crippen molar-refractivity contribution in [3.05, 3.63) is 60.0 Å². The van der Waals surface area contributed by atoms with Crippen molar-refractivity contribution in [2.24, 2.45) is 0 Å². The van der Waals surface area contributed by atoms with Gasteiger partial charge in [0.05, 0.1) is 12.1 Å². The number of hydrogen-bond acceptors (Lipinski definition) is 7. The zero-order valence-electron chi connectivity index (χ0n) is 14.6. The van der Waals surface area contributed by atoms with Crippen molar-refractivity contribution in [2.75, 3.05) is 13.3 Å². The molecule has 3 aromatic rings. The first kappa shape index (κ1) is 16.3. The minimum atomic E-state index is -0.403. The van der Waals surface area contributed by atoms with Crippen LogP contribution in [0.25, 0.3) is 11.4 Å². The summed E-state index contributed by atoms with van der Waals surface area (Å²) < 4.78 is 16.3. The van der Waals surface area contributed by atoms with E-state index in [2.05, 4.69) is 27.2 Å². The largest absolute Gasteiger partial charge is 0.454 e. The van der Waals surface area contributed by atoms with E-state index in [4.69, 9.17) is 14.0 Å². The lowest BCUT2D eigenvalue weighted by molar-refractivity contribution is 0.169. The second-order valence-corrected chi connectivity index (χ2v) is 6.84. The van der Waals surface area contributed by atoms with Crippen molar-refractivity contribution in [1.29, 1.82) is 0 Å². The molecule has 0 radical (unpaired) electrons. The predicted octanol–water partition coefficient (Wildman–Crippen LogP) is 2.77. The number of nitrogens with zero attached hydrogens (tertiary/aromatic N) is 3. The molecule has 2 aliphatic rings. The van der Waals surface area contributed by atoms with E-state index in [1.807, 2.05) is 36.4 Å². The Morgan fingerprint density at radius 3 is 2.81 bits per heavy atom. The van der Waals surface area contributed by atoms with Crippen LogP contribution in [0.1, 0.15) is 23.9 Å². The number of hydrogen-bond donors (Lipinski definition) is 1. The van der Waals surface area contributed by atoms with Gasteiger partial charge >= 0.3 is 0 Å². The highest BCUT2D eigenvalue weighted by Crippen LogP contribution is 2.37. The smallest absolute Gasteiger partial charge is 0.244 e. The Balaban J connectivity index is 1.39. The van der Waals surface area contributed by atoms with Crippen LogP contribution in [0.5, 0.6) is 11.5 Å². The van der Waals surface area contributed by atoms with E-state index in [1.165, 1.54) is 5.56 Å². The SMILES string of the molecule is OC1CC(c2nc(-c3ccc4c(c3)OCO4)no2)N(Cc2ccccc2)C1. The summed E-state index contributed by atoms with van der Waals surface area (Å²) in [6.07, 6.45) is 0.176. The highest BCUT2D eigenvalue weighted by molar-refractivity contribution is 5.61. The monoisotopic (exact) mass is 365 g/mol. The van der Waals surface area contributed by atoms with Crippen LogP contribution in [-0.4, -0.2) is 39.6 Å². The summed E-state index contributed by atoms with van der Waals surface area (Å²) >= 11 is 0. The summed E-state index contributed by atoms with van der Waals surface area (Å²) in [7, 11) is 0.